The Labute approximate surface area is 179 Å². The molecule has 0 spiro atoms. The molecule has 0 aliphatic rings. The second-order valence-electron chi connectivity index (χ2n) is 6.00. The van der Waals surface area contributed by atoms with Crippen LogP contribution in [0.15, 0.2) is 12.7 Å². The molecule has 1 rings (SSSR count). The number of esters is 1. The van der Waals surface area contributed by atoms with Gasteiger partial charge in [0.15, 0.2) is 0 Å². The summed E-state index contributed by atoms with van der Waals surface area (Å²) in [6.45, 7) is 3.85. The second-order valence-corrected chi connectivity index (χ2v) is 7.51. The van der Waals surface area contributed by atoms with Crippen LogP contribution in [0, 0.1) is 0 Å². The van der Waals surface area contributed by atoms with Crippen LogP contribution in [-0.2, 0) is 4.74 Å². The number of rotatable bonds is 12. The van der Waals surface area contributed by atoms with Gasteiger partial charge in [-0.2, -0.15) is 0 Å². The number of benzene rings is 1. The third-order valence-electron chi connectivity index (χ3n) is 3.97. The van der Waals surface area contributed by atoms with Crippen molar-refractivity contribution < 1.29 is 19.4 Å². The number of aromatic carboxylic acids is 1. The van der Waals surface area contributed by atoms with Gasteiger partial charge in [0.05, 0.1) is 37.8 Å². The summed E-state index contributed by atoms with van der Waals surface area (Å²) in [5.74, 6) is -2.33. The van der Waals surface area contributed by atoms with E-state index in [9.17, 15) is 14.7 Å². The summed E-state index contributed by atoms with van der Waals surface area (Å²) in [4.78, 5) is 23.8. The summed E-state index contributed by atoms with van der Waals surface area (Å²) in [6.07, 6.45) is 10.3. The van der Waals surface area contributed by atoms with Gasteiger partial charge < -0.3 is 9.84 Å². The molecule has 0 aliphatic heterocycles. The van der Waals surface area contributed by atoms with Crippen molar-refractivity contribution in [2.45, 2.75) is 51.4 Å². The largest absolute Gasteiger partial charge is 0.478 e. The molecule has 0 radical (unpaired) electrons. The standard InChI is InChI=1S/C19H22Cl4O4/c1-2-3-4-5-6-7-8-9-10-11-27-19(26)13-12(18(24)25)14(20)16(22)17(23)15(13)21/h2H,1,3-11H2,(H,24,25). The van der Waals surface area contributed by atoms with Gasteiger partial charge in [0, 0.05) is 0 Å². The normalized spacial score (nSPS) is 10.7. The van der Waals surface area contributed by atoms with Crippen molar-refractivity contribution in [2.24, 2.45) is 0 Å². The average Bonchev–Trinajstić information content (AvgIpc) is 2.63. The Hall–Kier alpha value is -0.940. The molecule has 0 fully saturated rings. The first-order valence-corrected chi connectivity index (χ1v) is 10.2. The molecule has 1 N–H and O–H groups in total. The van der Waals surface area contributed by atoms with Gasteiger partial charge in [0.1, 0.15) is 0 Å². The van der Waals surface area contributed by atoms with E-state index in [1.807, 2.05) is 6.08 Å². The molecule has 0 saturated carbocycles. The predicted octanol–water partition coefficient (Wildman–Crippen LogP) is 7.46. The van der Waals surface area contributed by atoms with E-state index in [-0.39, 0.29) is 32.3 Å². The molecule has 0 unspecified atom stereocenters. The lowest BCUT2D eigenvalue weighted by atomic mass is 10.1. The molecule has 0 aromatic heterocycles. The van der Waals surface area contributed by atoms with Crippen molar-refractivity contribution in [3.8, 4) is 0 Å². The fourth-order valence-electron chi connectivity index (χ4n) is 2.54. The van der Waals surface area contributed by atoms with Gasteiger partial charge in [-0.3, -0.25) is 0 Å². The second kappa shape index (κ2) is 12.5. The Balaban J connectivity index is 2.54. The summed E-state index contributed by atoms with van der Waals surface area (Å²) in [6, 6.07) is 0. The Bertz CT molecular complexity index is 689. The number of carboxylic acid groups (broad SMARTS) is 1. The number of carbonyl (C=O) groups excluding carboxylic acids is 1. The lowest BCUT2D eigenvalue weighted by Gasteiger charge is -2.13. The van der Waals surface area contributed by atoms with Crippen LogP contribution in [0.4, 0.5) is 0 Å². The van der Waals surface area contributed by atoms with Gasteiger partial charge >= 0.3 is 11.9 Å². The van der Waals surface area contributed by atoms with E-state index in [1.165, 1.54) is 19.3 Å². The van der Waals surface area contributed by atoms with Crippen molar-refractivity contribution >= 4 is 58.3 Å². The zero-order chi connectivity index (χ0) is 20.4. The fraction of sp³-hybridized carbons (Fsp3) is 0.474. The number of ether oxygens (including phenoxy) is 1. The summed E-state index contributed by atoms with van der Waals surface area (Å²) in [7, 11) is 0. The number of halogens is 4. The van der Waals surface area contributed by atoms with E-state index in [0.717, 1.165) is 25.7 Å². The molecule has 1 aromatic carbocycles. The van der Waals surface area contributed by atoms with E-state index in [4.69, 9.17) is 51.1 Å². The van der Waals surface area contributed by atoms with E-state index in [2.05, 4.69) is 6.58 Å². The minimum absolute atomic E-state index is 0.155. The molecule has 0 heterocycles. The predicted molar refractivity (Wildman–Crippen MR) is 111 cm³/mol. The van der Waals surface area contributed by atoms with Crippen LogP contribution in [0.3, 0.4) is 0 Å². The maximum Gasteiger partial charge on any atom is 0.340 e. The molecule has 0 bridgehead atoms. The third kappa shape index (κ3) is 7.19. The Morgan fingerprint density at radius 2 is 1.30 bits per heavy atom. The van der Waals surface area contributed by atoms with Crippen molar-refractivity contribution in [3.05, 3.63) is 43.9 Å². The molecular weight excluding hydrogens is 434 g/mol. The van der Waals surface area contributed by atoms with Gasteiger partial charge in [0.2, 0.25) is 0 Å². The molecule has 0 amide bonds. The van der Waals surface area contributed by atoms with Crippen LogP contribution in [-0.4, -0.2) is 23.7 Å². The van der Waals surface area contributed by atoms with Gasteiger partial charge in [-0.1, -0.05) is 84.6 Å². The zero-order valence-corrected chi connectivity index (χ0v) is 17.9. The number of carbonyl (C=O) groups is 2. The molecule has 0 atom stereocenters. The van der Waals surface area contributed by atoms with Crippen LogP contribution >= 0.6 is 46.4 Å². The van der Waals surface area contributed by atoms with E-state index < -0.39 is 17.5 Å². The lowest BCUT2D eigenvalue weighted by molar-refractivity contribution is 0.0487. The topological polar surface area (TPSA) is 63.6 Å². The first-order valence-electron chi connectivity index (χ1n) is 8.70. The Kier molecular flexibility index (Phi) is 11.2. The summed E-state index contributed by atoms with van der Waals surface area (Å²) < 4.78 is 5.15. The van der Waals surface area contributed by atoms with Gasteiger partial charge in [-0.15, -0.1) is 6.58 Å². The van der Waals surface area contributed by atoms with Crippen LogP contribution in [0.25, 0.3) is 0 Å². The summed E-state index contributed by atoms with van der Waals surface area (Å²) in [5.41, 5.74) is -0.897. The minimum atomic E-state index is -1.44. The molecule has 27 heavy (non-hydrogen) atoms. The van der Waals surface area contributed by atoms with Crippen molar-refractivity contribution in [3.63, 3.8) is 0 Å². The maximum absolute atomic E-state index is 12.3. The van der Waals surface area contributed by atoms with E-state index >= 15 is 0 Å². The Morgan fingerprint density at radius 1 is 0.815 bits per heavy atom. The molecule has 8 heteroatoms. The van der Waals surface area contributed by atoms with Crippen LogP contribution in [0.5, 0.6) is 0 Å². The molecular formula is C19H22Cl4O4. The van der Waals surface area contributed by atoms with Crippen LogP contribution < -0.4 is 0 Å². The Morgan fingerprint density at radius 3 is 1.81 bits per heavy atom. The average molecular weight is 456 g/mol. The van der Waals surface area contributed by atoms with Gasteiger partial charge in [-0.05, 0) is 19.3 Å². The summed E-state index contributed by atoms with van der Waals surface area (Å²) >= 11 is 23.7. The maximum atomic E-state index is 12.3. The fourth-order valence-corrected chi connectivity index (χ4v) is 3.55. The number of allylic oxidation sites excluding steroid dienone is 1. The third-order valence-corrected chi connectivity index (χ3v) is 5.77. The number of hydrogen-bond donors (Lipinski definition) is 1. The first kappa shape index (κ1) is 24.1. The van der Waals surface area contributed by atoms with Crippen LogP contribution in [0.1, 0.15) is 72.1 Å². The van der Waals surface area contributed by atoms with E-state index in [0.29, 0.717) is 6.42 Å². The quantitative estimate of drug-likeness (QED) is 0.117. The minimum Gasteiger partial charge on any atom is -0.478 e. The number of carboxylic acids is 1. The zero-order valence-electron chi connectivity index (χ0n) is 14.8. The van der Waals surface area contributed by atoms with Gasteiger partial charge in [-0.25, -0.2) is 9.59 Å². The molecule has 150 valence electrons. The van der Waals surface area contributed by atoms with Crippen molar-refractivity contribution in [1.82, 2.24) is 0 Å². The molecule has 1 aromatic rings. The van der Waals surface area contributed by atoms with Gasteiger partial charge in [0.25, 0.3) is 0 Å². The highest BCUT2D eigenvalue weighted by Gasteiger charge is 2.29. The molecule has 4 nitrogen and oxygen atoms in total. The van der Waals surface area contributed by atoms with E-state index in [1.54, 1.807) is 0 Å². The van der Waals surface area contributed by atoms with Crippen molar-refractivity contribution in [1.29, 1.82) is 0 Å². The smallest absolute Gasteiger partial charge is 0.340 e. The highest BCUT2D eigenvalue weighted by atomic mass is 35.5. The molecule has 0 aliphatic carbocycles. The first-order chi connectivity index (χ1) is 12.8. The highest BCUT2D eigenvalue weighted by molar-refractivity contribution is 6.54. The lowest BCUT2D eigenvalue weighted by Crippen LogP contribution is -2.14. The highest BCUT2D eigenvalue weighted by Crippen LogP contribution is 2.41. The number of unbranched alkanes of at least 4 members (excludes halogenated alkanes) is 7. The van der Waals surface area contributed by atoms with Crippen molar-refractivity contribution in [2.75, 3.05) is 6.61 Å². The summed E-state index contributed by atoms with van der Waals surface area (Å²) in [5, 5.41) is 8.29. The monoisotopic (exact) mass is 454 g/mol. The SMILES string of the molecule is C=CCCCCCCCCCOC(=O)c1c(Cl)c(Cl)c(Cl)c(Cl)c1C(=O)O. The van der Waals surface area contributed by atoms with Crippen LogP contribution in [0.2, 0.25) is 20.1 Å². The molecule has 0 saturated heterocycles. The number of hydrogen-bond acceptors (Lipinski definition) is 3.